The maximum absolute atomic E-state index is 12.4. The molecule has 1 aromatic carbocycles. The van der Waals surface area contributed by atoms with E-state index in [1.54, 1.807) is 0 Å². The third kappa shape index (κ3) is 4.37. The van der Waals surface area contributed by atoms with Gasteiger partial charge in [0, 0.05) is 32.7 Å². The molecule has 6 nitrogen and oxygen atoms in total. The summed E-state index contributed by atoms with van der Waals surface area (Å²) in [6.45, 7) is 9.97. The Balaban J connectivity index is 2.30. The quantitative estimate of drug-likeness (QED) is 0.331. The van der Waals surface area contributed by atoms with Crippen molar-refractivity contribution >= 4 is 27.3 Å². The Hall–Kier alpha value is -0.920. The molecule has 3 atom stereocenters. The molecular formula is C16H23BrN4O2S. The monoisotopic (exact) mass is 414 g/mol. The van der Waals surface area contributed by atoms with E-state index in [1.807, 2.05) is 46.8 Å². The van der Waals surface area contributed by atoms with Crippen LogP contribution in [0.1, 0.15) is 51.8 Å². The number of benzene rings is 1. The summed E-state index contributed by atoms with van der Waals surface area (Å²) in [6.07, 6.45) is 0.670. The lowest BCUT2D eigenvalue weighted by atomic mass is 9.97. The van der Waals surface area contributed by atoms with Crippen LogP contribution in [0.15, 0.2) is 21.7 Å². The summed E-state index contributed by atoms with van der Waals surface area (Å²) in [5.74, 6) is 0.791. The Kier molecular flexibility index (Phi) is 5.77. The van der Waals surface area contributed by atoms with Gasteiger partial charge in [0.25, 0.3) is 0 Å². The first-order valence-corrected chi connectivity index (χ1v) is 9.70. The molecule has 0 bridgehead atoms. The minimum Gasteiger partial charge on any atom is -0.598 e. The van der Waals surface area contributed by atoms with E-state index < -0.39 is 17.0 Å². The molecule has 0 spiro atoms. The van der Waals surface area contributed by atoms with Crippen LogP contribution in [0.5, 0.6) is 5.75 Å². The molecule has 24 heavy (non-hydrogen) atoms. The van der Waals surface area contributed by atoms with Crippen molar-refractivity contribution in [2.75, 3.05) is 6.54 Å². The average Bonchev–Trinajstić information content (AvgIpc) is 2.79. The number of azide groups is 1. The molecule has 0 fully saturated rings. The molecule has 1 N–H and O–H groups in total. The van der Waals surface area contributed by atoms with E-state index >= 15 is 0 Å². The van der Waals surface area contributed by atoms with Gasteiger partial charge in [0.15, 0.2) is 0 Å². The minimum absolute atomic E-state index is 0.141. The van der Waals surface area contributed by atoms with Crippen molar-refractivity contribution in [3.8, 4) is 5.75 Å². The van der Waals surface area contributed by atoms with Crippen molar-refractivity contribution in [3.05, 3.63) is 38.2 Å². The number of halogens is 1. The van der Waals surface area contributed by atoms with E-state index in [2.05, 4.69) is 30.7 Å². The molecule has 0 unspecified atom stereocenters. The Labute approximate surface area is 154 Å². The van der Waals surface area contributed by atoms with Gasteiger partial charge >= 0.3 is 0 Å². The Morgan fingerprint density at radius 3 is 2.79 bits per heavy atom. The standard InChI is InChI=1S/C16H23BrN4O2S/c1-10(20-24(22)15(2,3)4)13-7-12(17)6-11-8-16(5,9-19-21-18)23-14(11)13/h6-7,10,20H,8-9H2,1-5H3/t10-,16-,24-/m1/s1. The number of ether oxygens (including phenoxy) is 1. The van der Waals surface area contributed by atoms with E-state index in [-0.39, 0.29) is 17.3 Å². The highest BCUT2D eigenvalue weighted by Gasteiger charge is 2.38. The van der Waals surface area contributed by atoms with Crippen molar-refractivity contribution in [2.45, 2.75) is 57.4 Å². The highest BCUT2D eigenvalue weighted by Crippen LogP contribution is 2.42. The Morgan fingerprint density at radius 2 is 2.21 bits per heavy atom. The highest BCUT2D eigenvalue weighted by atomic mass is 79.9. The van der Waals surface area contributed by atoms with Crippen LogP contribution in [0.4, 0.5) is 0 Å². The zero-order valence-electron chi connectivity index (χ0n) is 14.6. The smallest absolute Gasteiger partial charge is 0.136 e. The van der Waals surface area contributed by atoms with Crippen LogP contribution in [0.2, 0.25) is 0 Å². The van der Waals surface area contributed by atoms with Crippen LogP contribution >= 0.6 is 15.9 Å². The minimum atomic E-state index is -1.18. The van der Waals surface area contributed by atoms with Gasteiger partial charge in [-0.1, -0.05) is 21.0 Å². The van der Waals surface area contributed by atoms with E-state index in [4.69, 9.17) is 10.3 Å². The van der Waals surface area contributed by atoms with Crippen molar-refractivity contribution in [1.29, 1.82) is 0 Å². The number of fused-ring (bicyclic) bond motifs is 1. The maximum Gasteiger partial charge on any atom is 0.136 e. The number of hydrogen-bond donors (Lipinski definition) is 1. The second kappa shape index (κ2) is 7.14. The van der Waals surface area contributed by atoms with Gasteiger partial charge in [-0.25, -0.2) is 0 Å². The molecule has 1 aliphatic rings. The zero-order valence-corrected chi connectivity index (χ0v) is 17.0. The number of rotatable bonds is 5. The first kappa shape index (κ1) is 19.4. The van der Waals surface area contributed by atoms with Crippen molar-refractivity contribution in [1.82, 2.24) is 4.72 Å². The van der Waals surface area contributed by atoms with Gasteiger partial charge in [-0.05, 0) is 57.8 Å². The summed E-state index contributed by atoms with van der Waals surface area (Å²) in [6, 6.07) is 3.86. The summed E-state index contributed by atoms with van der Waals surface area (Å²) in [5.41, 5.74) is 10.0. The maximum atomic E-state index is 12.4. The highest BCUT2D eigenvalue weighted by molar-refractivity contribution is 9.10. The fourth-order valence-electron chi connectivity index (χ4n) is 2.61. The van der Waals surface area contributed by atoms with Crippen LogP contribution in [-0.4, -0.2) is 21.4 Å². The fourth-order valence-corrected chi connectivity index (χ4v) is 3.93. The first-order valence-electron chi connectivity index (χ1n) is 7.76. The lowest BCUT2D eigenvalue weighted by Crippen LogP contribution is -2.40. The summed E-state index contributed by atoms with van der Waals surface area (Å²) in [7, 11) is 0. The molecule has 0 aliphatic carbocycles. The predicted octanol–water partition coefficient (Wildman–Crippen LogP) is 4.57. The third-order valence-electron chi connectivity index (χ3n) is 3.85. The second-order valence-electron chi connectivity index (χ2n) is 7.32. The molecule has 0 saturated carbocycles. The molecular weight excluding hydrogens is 392 g/mol. The molecule has 0 amide bonds. The lowest BCUT2D eigenvalue weighted by Gasteiger charge is -2.28. The van der Waals surface area contributed by atoms with E-state index in [9.17, 15) is 4.55 Å². The van der Waals surface area contributed by atoms with E-state index in [0.29, 0.717) is 6.42 Å². The predicted molar refractivity (Wildman–Crippen MR) is 100 cm³/mol. The lowest BCUT2D eigenvalue weighted by molar-refractivity contribution is 0.124. The first-order chi connectivity index (χ1) is 11.1. The van der Waals surface area contributed by atoms with Gasteiger partial charge in [-0.15, -0.1) is 4.72 Å². The van der Waals surface area contributed by atoms with Crippen LogP contribution in [-0.2, 0) is 17.8 Å². The summed E-state index contributed by atoms with van der Waals surface area (Å²) < 4.78 is 22.3. The zero-order chi connectivity index (χ0) is 18.1. The molecule has 0 radical (unpaired) electrons. The largest absolute Gasteiger partial charge is 0.598 e. The van der Waals surface area contributed by atoms with Gasteiger partial charge in [-0.3, -0.25) is 0 Å². The summed E-state index contributed by atoms with van der Waals surface area (Å²) in [4.78, 5) is 2.83. The van der Waals surface area contributed by atoms with E-state index in [1.165, 1.54) is 0 Å². The van der Waals surface area contributed by atoms with Gasteiger partial charge in [-0.2, -0.15) is 0 Å². The fraction of sp³-hybridized carbons (Fsp3) is 0.625. The second-order valence-corrected chi connectivity index (χ2v) is 10.2. The molecule has 0 aromatic heterocycles. The van der Waals surface area contributed by atoms with Crippen molar-refractivity contribution < 1.29 is 9.29 Å². The van der Waals surface area contributed by atoms with Gasteiger partial charge in [0.1, 0.15) is 16.1 Å². The normalized spacial score (nSPS) is 22.3. The molecule has 8 heteroatoms. The molecule has 0 saturated heterocycles. The van der Waals surface area contributed by atoms with Crippen LogP contribution in [0, 0.1) is 0 Å². The SMILES string of the molecule is C[C@@H](N[S@+]([O-])C(C)(C)C)c1cc(Br)cc2c1O[C@@](C)(CN=[N+]=[N-])C2. The van der Waals surface area contributed by atoms with Crippen molar-refractivity contribution in [3.63, 3.8) is 0 Å². The summed E-state index contributed by atoms with van der Waals surface area (Å²) in [5, 5.41) is 3.67. The van der Waals surface area contributed by atoms with Gasteiger partial charge < -0.3 is 9.29 Å². The summed E-state index contributed by atoms with van der Waals surface area (Å²) >= 11 is 2.36. The van der Waals surface area contributed by atoms with Gasteiger partial charge in [0.2, 0.25) is 0 Å². The Bertz CT molecular complexity index is 673. The molecule has 1 heterocycles. The topological polar surface area (TPSA) is 93.1 Å². The average molecular weight is 415 g/mol. The number of nitrogens with one attached hydrogen (secondary N) is 1. The van der Waals surface area contributed by atoms with Crippen LogP contribution in [0.25, 0.3) is 10.4 Å². The number of hydrogen-bond acceptors (Lipinski definition) is 4. The third-order valence-corrected chi connectivity index (χ3v) is 5.98. The Morgan fingerprint density at radius 1 is 1.54 bits per heavy atom. The molecule has 2 rings (SSSR count). The van der Waals surface area contributed by atoms with Crippen molar-refractivity contribution in [2.24, 2.45) is 5.11 Å². The van der Waals surface area contributed by atoms with Gasteiger partial charge in [0.05, 0.1) is 12.6 Å². The molecule has 1 aliphatic heterocycles. The number of nitrogens with zero attached hydrogens (tertiary/aromatic N) is 3. The van der Waals surface area contributed by atoms with E-state index in [0.717, 1.165) is 21.3 Å². The van der Waals surface area contributed by atoms with Crippen LogP contribution < -0.4 is 9.46 Å². The molecule has 1 aromatic rings. The van der Waals surface area contributed by atoms with Crippen LogP contribution in [0.3, 0.4) is 0 Å². The molecule has 132 valence electrons.